The summed E-state index contributed by atoms with van der Waals surface area (Å²) in [6.45, 7) is 0.403. The van der Waals surface area contributed by atoms with Crippen LogP contribution in [0, 0.1) is 0 Å². The van der Waals surface area contributed by atoms with E-state index < -0.39 is 23.4 Å². The summed E-state index contributed by atoms with van der Waals surface area (Å²) in [7, 11) is 1.41. The number of aromatic nitrogens is 2. The fourth-order valence-corrected chi connectivity index (χ4v) is 3.80. The van der Waals surface area contributed by atoms with E-state index >= 15 is 0 Å². The maximum atomic E-state index is 13.0. The zero-order chi connectivity index (χ0) is 22.6. The fourth-order valence-electron chi connectivity index (χ4n) is 3.58. The van der Waals surface area contributed by atoms with Gasteiger partial charge in [-0.15, -0.1) is 0 Å². The number of likely N-dealkylation sites (tertiary alicyclic amines) is 1. The number of ether oxygens (including phenoxy) is 1. The van der Waals surface area contributed by atoms with Crippen LogP contribution in [0.4, 0.5) is 18.0 Å². The summed E-state index contributed by atoms with van der Waals surface area (Å²) in [5.41, 5.74) is -0.394. The zero-order valence-corrected chi connectivity index (χ0v) is 17.4. The van der Waals surface area contributed by atoms with Gasteiger partial charge in [-0.25, -0.2) is 4.79 Å². The van der Waals surface area contributed by atoms with Crippen LogP contribution in [0.15, 0.2) is 48.7 Å². The predicted octanol–water partition coefficient (Wildman–Crippen LogP) is 5.54. The van der Waals surface area contributed by atoms with E-state index in [1.54, 1.807) is 0 Å². The zero-order valence-electron chi connectivity index (χ0n) is 16.6. The average molecular weight is 456 g/mol. The number of H-pyrrole nitrogens is 1. The van der Waals surface area contributed by atoms with E-state index in [0.717, 1.165) is 17.0 Å². The third kappa shape index (κ3) is 5.11. The molecule has 166 valence electrons. The summed E-state index contributed by atoms with van der Waals surface area (Å²) in [6, 6.07) is 11.7. The number of hydrogen-bond acceptors (Lipinski definition) is 3. The molecule has 1 aliphatic heterocycles. The minimum Gasteiger partial charge on any atom is -0.465 e. The molecule has 0 radical (unpaired) electrons. The lowest BCUT2D eigenvalue weighted by atomic mass is 9.83. The van der Waals surface area contributed by atoms with E-state index in [-0.39, 0.29) is 31.0 Å². The van der Waals surface area contributed by atoms with Crippen molar-refractivity contribution in [1.82, 2.24) is 15.1 Å². The van der Waals surface area contributed by atoms with Crippen molar-refractivity contribution in [2.24, 2.45) is 0 Å². The van der Waals surface area contributed by atoms with Gasteiger partial charge in [-0.3, -0.25) is 5.10 Å². The summed E-state index contributed by atoms with van der Waals surface area (Å²) in [6.07, 6.45) is -3.21. The molecule has 4 rings (SSSR count). The van der Waals surface area contributed by atoms with Gasteiger partial charge in [-0.2, -0.15) is 18.3 Å². The number of methoxy groups -OCH3 is 1. The smallest absolute Gasteiger partial charge is 0.417 e. The van der Waals surface area contributed by atoms with E-state index in [0.29, 0.717) is 5.56 Å². The monoisotopic (exact) mass is 455 g/mol. The Kier molecular flexibility index (Phi) is 6.76. The summed E-state index contributed by atoms with van der Waals surface area (Å²) < 4.78 is 44.4. The molecule has 0 bridgehead atoms. The topological polar surface area (TPSA) is 78.5 Å². The Hall–Kier alpha value is -2.78. The van der Waals surface area contributed by atoms with Crippen molar-refractivity contribution < 1.29 is 27.8 Å². The Morgan fingerprint density at radius 2 is 1.90 bits per heavy atom. The highest BCUT2D eigenvalue weighted by molar-refractivity contribution is 6.31. The first kappa shape index (κ1) is 22.9. The van der Waals surface area contributed by atoms with Gasteiger partial charge < -0.3 is 14.7 Å². The summed E-state index contributed by atoms with van der Waals surface area (Å²) in [5.74, 6) is 0. The molecule has 0 saturated carbocycles. The molecule has 2 aromatic carbocycles. The first-order valence-corrected chi connectivity index (χ1v) is 9.82. The SMILES string of the molecule is COC1(c2ccc(Cl)c(C(F)(F)F)c2)CCN(C(=O)O)CC1.c1ccc2[nH]ncc2c1. The van der Waals surface area contributed by atoms with Crippen LogP contribution in [0.5, 0.6) is 0 Å². The van der Waals surface area contributed by atoms with Gasteiger partial charge in [-0.1, -0.05) is 35.9 Å². The van der Waals surface area contributed by atoms with Gasteiger partial charge in [0.05, 0.1) is 27.9 Å². The third-order valence-electron chi connectivity index (χ3n) is 5.38. The number of carbonyl (C=O) groups is 1. The van der Waals surface area contributed by atoms with Gasteiger partial charge in [0.1, 0.15) is 0 Å². The van der Waals surface area contributed by atoms with E-state index in [1.807, 2.05) is 30.5 Å². The lowest BCUT2D eigenvalue weighted by Gasteiger charge is -2.40. The molecule has 2 N–H and O–H groups in total. The molecule has 0 spiro atoms. The molecule has 1 saturated heterocycles. The predicted molar refractivity (Wildman–Crippen MR) is 110 cm³/mol. The summed E-state index contributed by atoms with van der Waals surface area (Å²) >= 11 is 5.63. The number of alkyl halides is 3. The highest BCUT2D eigenvalue weighted by Crippen LogP contribution is 2.41. The van der Waals surface area contributed by atoms with Crippen LogP contribution in [0.1, 0.15) is 24.0 Å². The number of aromatic amines is 1. The normalized spacial score (nSPS) is 16.0. The second-order valence-electron chi connectivity index (χ2n) is 7.12. The van der Waals surface area contributed by atoms with Crippen LogP contribution >= 0.6 is 11.6 Å². The van der Waals surface area contributed by atoms with Crippen LogP contribution < -0.4 is 0 Å². The van der Waals surface area contributed by atoms with Gasteiger partial charge in [-0.05, 0) is 36.6 Å². The van der Waals surface area contributed by atoms with Gasteiger partial charge in [0.25, 0.3) is 0 Å². The molecule has 6 nitrogen and oxygen atoms in total. The molecule has 0 unspecified atom stereocenters. The minimum atomic E-state index is -4.55. The first-order chi connectivity index (χ1) is 14.7. The molecular formula is C21H21ClF3N3O3. The molecule has 0 atom stereocenters. The summed E-state index contributed by atoms with van der Waals surface area (Å²) in [4.78, 5) is 12.2. The molecule has 1 aromatic heterocycles. The minimum absolute atomic E-state index is 0.202. The number of benzene rings is 2. The van der Waals surface area contributed by atoms with Crippen molar-refractivity contribution in [1.29, 1.82) is 0 Å². The van der Waals surface area contributed by atoms with Crippen LogP contribution in [0.2, 0.25) is 5.02 Å². The number of nitrogens with zero attached hydrogens (tertiary/aromatic N) is 2. The van der Waals surface area contributed by atoms with E-state index in [4.69, 9.17) is 21.4 Å². The number of rotatable bonds is 2. The largest absolute Gasteiger partial charge is 0.465 e. The number of carboxylic acid groups (broad SMARTS) is 1. The second kappa shape index (κ2) is 9.15. The van der Waals surface area contributed by atoms with Gasteiger partial charge in [0.2, 0.25) is 0 Å². The molecule has 1 aliphatic rings. The molecular weight excluding hydrogens is 435 g/mol. The number of fused-ring (bicyclic) bond motifs is 1. The third-order valence-corrected chi connectivity index (χ3v) is 5.71. The highest BCUT2D eigenvalue weighted by atomic mass is 35.5. The number of amides is 1. The lowest BCUT2D eigenvalue weighted by Crippen LogP contribution is -2.45. The van der Waals surface area contributed by atoms with Crippen molar-refractivity contribution in [3.63, 3.8) is 0 Å². The van der Waals surface area contributed by atoms with Gasteiger partial charge >= 0.3 is 12.3 Å². The van der Waals surface area contributed by atoms with E-state index in [1.165, 1.54) is 24.1 Å². The Morgan fingerprint density at radius 1 is 1.23 bits per heavy atom. The van der Waals surface area contributed by atoms with E-state index in [9.17, 15) is 18.0 Å². The van der Waals surface area contributed by atoms with Crippen LogP contribution in [0.3, 0.4) is 0 Å². The molecule has 2 heterocycles. The lowest BCUT2D eigenvalue weighted by molar-refractivity contribution is -0.137. The van der Waals surface area contributed by atoms with Crippen molar-refractivity contribution in [2.45, 2.75) is 24.6 Å². The molecule has 1 amide bonds. The van der Waals surface area contributed by atoms with Crippen molar-refractivity contribution in [3.8, 4) is 0 Å². The van der Waals surface area contributed by atoms with Crippen molar-refractivity contribution in [2.75, 3.05) is 20.2 Å². The van der Waals surface area contributed by atoms with Gasteiger partial charge in [0, 0.05) is 25.6 Å². The Bertz CT molecular complexity index is 1020. The highest BCUT2D eigenvalue weighted by Gasteiger charge is 2.40. The van der Waals surface area contributed by atoms with Crippen molar-refractivity contribution in [3.05, 3.63) is 64.8 Å². The number of para-hydroxylation sites is 1. The Labute approximate surface area is 181 Å². The second-order valence-corrected chi connectivity index (χ2v) is 7.52. The number of halogens is 4. The van der Waals surface area contributed by atoms with E-state index in [2.05, 4.69) is 10.2 Å². The molecule has 10 heteroatoms. The van der Waals surface area contributed by atoms with Crippen LogP contribution in [0.25, 0.3) is 10.9 Å². The summed E-state index contributed by atoms with van der Waals surface area (Å²) in [5, 5.41) is 16.5. The fraction of sp³-hybridized carbons (Fsp3) is 0.333. The Morgan fingerprint density at radius 3 is 2.48 bits per heavy atom. The van der Waals surface area contributed by atoms with Gasteiger partial charge in [0.15, 0.2) is 0 Å². The number of nitrogens with one attached hydrogen (secondary N) is 1. The number of piperidine rings is 1. The number of hydrogen-bond donors (Lipinski definition) is 2. The maximum Gasteiger partial charge on any atom is 0.417 e. The maximum absolute atomic E-state index is 13.0. The average Bonchev–Trinajstić information content (AvgIpc) is 3.22. The quantitative estimate of drug-likeness (QED) is 0.532. The standard InChI is InChI=1S/C14H15ClF3NO3.C7H6N2/c1-22-13(4-6-19(7-5-13)12(20)21)9-2-3-11(15)10(8-9)14(16,17)18;1-2-4-7-6(3-1)5-8-9-7/h2-3,8H,4-7H2,1H3,(H,20,21);1-5H,(H,8,9). The van der Waals surface area contributed by atoms with Crippen LogP contribution in [-0.2, 0) is 16.5 Å². The first-order valence-electron chi connectivity index (χ1n) is 9.45. The molecule has 3 aromatic rings. The molecule has 1 fully saturated rings. The van der Waals surface area contributed by atoms with Crippen LogP contribution in [-0.4, -0.2) is 46.5 Å². The molecule has 0 aliphatic carbocycles. The Balaban J connectivity index is 0.000000248. The molecule has 31 heavy (non-hydrogen) atoms. The van der Waals surface area contributed by atoms with Crippen molar-refractivity contribution >= 4 is 28.6 Å².